The summed E-state index contributed by atoms with van der Waals surface area (Å²) in [6.07, 6.45) is 2.33. The Kier molecular flexibility index (Phi) is 3.37. The Morgan fingerprint density at radius 2 is 1.62 bits per heavy atom. The van der Waals surface area contributed by atoms with Crippen molar-refractivity contribution in [1.82, 2.24) is 0 Å². The second-order valence-electron chi connectivity index (χ2n) is 4.49. The summed E-state index contributed by atoms with van der Waals surface area (Å²) < 4.78 is 1.60. The summed E-state index contributed by atoms with van der Waals surface area (Å²) in [5.41, 5.74) is 1.33. The molecular formula is C12H18Ge. The third-order valence-electron chi connectivity index (χ3n) is 2.37. The van der Waals surface area contributed by atoms with Gasteiger partial charge in [-0.05, 0) is 0 Å². The van der Waals surface area contributed by atoms with Crippen molar-refractivity contribution in [2.75, 3.05) is 0 Å². The number of benzene rings is 1. The molecule has 0 saturated carbocycles. The van der Waals surface area contributed by atoms with E-state index in [1.807, 2.05) is 0 Å². The van der Waals surface area contributed by atoms with Crippen LogP contribution >= 0.6 is 0 Å². The average Bonchev–Trinajstić information content (AvgIpc) is 2.04. The zero-order chi connectivity index (χ0) is 9.90. The van der Waals surface area contributed by atoms with E-state index < -0.39 is 13.3 Å². The molecule has 0 aromatic heterocycles. The maximum absolute atomic E-state index is 2.43. The summed E-state index contributed by atoms with van der Waals surface area (Å²) in [6.45, 7) is 2.27. The topological polar surface area (TPSA) is 0 Å². The predicted octanol–water partition coefficient (Wildman–Crippen LogP) is 3.97. The number of rotatable bonds is 2. The van der Waals surface area contributed by atoms with Crippen LogP contribution in [0.2, 0.25) is 17.3 Å². The molecule has 0 heterocycles. The van der Waals surface area contributed by atoms with Gasteiger partial charge in [-0.2, -0.15) is 0 Å². The van der Waals surface area contributed by atoms with Crippen molar-refractivity contribution in [3.8, 4) is 0 Å². The quantitative estimate of drug-likeness (QED) is 0.680. The number of hydrogen-bond donors (Lipinski definition) is 0. The van der Waals surface area contributed by atoms with Crippen molar-refractivity contribution < 1.29 is 0 Å². The summed E-state index contributed by atoms with van der Waals surface area (Å²) in [5.74, 6) is 7.28. The summed E-state index contributed by atoms with van der Waals surface area (Å²) in [6, 6.07) is 10.6. The van der Waals surface area contributed by atoms with E-state index in [1.165, 1.54) is 5.56 Å². The first kappa shape index (κ1) is 10.6. The SMILES string of the molecule is C/[C](=C/c1ccccc1)[Ge]([CH3])([CH3])[CH3]. The van der Waals surface area contributed by atoms with Crippen molar-refractivity contribution in [2.45, 2.75) is 24.2 Å². The zero-order valence-electron chi connectivity index (χ0n) is 8.96. The summed E-state index contributed by atoms with van der Waals surface area (Å²) in [7, 11) is 0. The molecule has 0 amide bonds. The van der Waals surface area contributed by atoms with Gasteiger partial charge in [-0.1, -0.05) is 0 Å². The van der Waals surface area contributed by atoms with Crippen LogP contribution in [-0.4, -0.2) is 13.3 Å². The van der Waals surface area contributed by atoms with E-state index in [2.05, 4.69) is 60.6 Å². The molecule has 1 heteroatoms. The summed E-state index contributed by atoms with van der Waals surface area (Å²) >= 11 is -1.56. The zero-order valence-corrected chi connectivity index (χ0v) is 11.1. The van der Waals surface area contributed by atoms with E-state index in [0.717, 1.165) is 0 Å². The van der Waals surface area contributed by atoms with Crippen LogP contribution in [0.15, 0.2) is 34.7 Å². The van der Waals surface area contributed by atoms with E-state index >= 15 is 0 Å². The van der Waals surface area contributed by atoms with Crippen LogP contribution < -0.4 is 0 Å². The fourth-order valence-corrected chi connectivity index (χ4v) is 2.27. The van der Waals surface area contributed by atoms with Gasteiger partial charge in [-0.25, -0.2) is 0 Å². The van der Waals surface area contributed by atoms with Crippen molar-refractivity contribution in [3.63, 3.8) is 0 Å². The molecule has 0 aliphatic rings. The molecule has 0 fully saturated rings. The molecule has 0 bridgehead atoms. The minimum atomic E-state index is -1.56. The Hall–Kier alpha value is -0.497. The van der Waals surface area contributed by atoms with Gasteiger partial charge >= 0.3 is 83.8 Å². The molecule has 0 nitrogen and oxygen atoms in total. The first-order valence-electron chi connectivity index (χ1n) is 4.74. The fraction of sp³-hybridized carbons (Fsp3) is 0.333. The van der Waals surface area contributed by atoms with E-state index in [9.17, 15) is 0 Å². The molecule has 0 atom stereocenters. The molecular weight excluding hydrogens is 217 g/mol. The minimum absolute atomic E-state index is 1.33. The second kappa shape index (κ2) is 4.14. The monoisotopic (exact) mass is 236 g/mol. The average molecular weight is 235 g/mol. The maximum atomic E-state index is 2.43. The Morgan fingerprint density at radius 3 is 2.08 bits per heavy atom. The third kappa shape index (κ3) is 3.39. The van der Waals surface area contributed by atoms with Crippen LogP contribution in [0.1, 0.15) is 12.5 Å². The Morgan fingerprint density at radius 1 is 1.08 bits per heavy atom. The molecule has 1 aromatic carbocycles. The normalized spacial score (nSPS) is 13.1. The van der Waals surface area contributed by atoms with E-state index in [0.29, 0.717) is 0 Å². The van der Waals surface area contributed by atoms with Crippen molar-refractivity contribution in [1.29, 1.82) is 0 Å². The second-order valence-corrected chi connectivity index (χ2v) is 15.6. The molecule has 0 saturated heterocycles. The molecule has 1 aromatic rings. The van der Waals surface area contributed by atoms with Crippen LogP contribution in [0.25, 0.3) is 6.08 Å². The van der Waals surface area contributed by atoms with Gasteiger partial charge < -0.3 is 0 Å². The predicted molar refractivity (Wildman–Crippen MR) is 63.4 cm³/mol. The van der Waals surface area contributed by atoms with E-state index in [-0.39, 0.29) is 0 Å². The van der Waals surface area contributed by atoms with Crippen molar-refractivity contribution in [3.05, 3.63) is 40.3 Å². The number of allylic oxidation sites excluding steroid dienone is 1. The van der Waals surface area contributed by atoms with Crippen LogP contribution in [-0.2, 0) is 0 Å². The number of hydrogen-bond acceptors (Lipinski definition) is 0. The first-order valence-corrected chi connectivity index (χ1v) is 12.1. The van der Waals surface area contributed by atoms with Gasteiger partial charge in [0.15, 0.2) is 0 Å². The molecule has 0 N–H and O–H groups in total. The van der Waals surface area contributed by atoms with Crippen LogP contribution in [0.5, 0.6) is 0 Å². The molecule has 0 spiro atoms. The van der Waals surface area contributed by atoms with Crippen molar-refractivity contribution >= 4 is 19.3 Å². The Bertz CT molecular complexity index is 291. The van der Waals surface area contributed by atoms with Gasteiger partial charge in [-0.3, -0.25) is 0 Å². The van der Waals surface area contributed by atoms with E-state index in [1.54, 1.807) is 4.41 Å². The Labute approximate surface area is 84.0 Å². The standard InChI is InChI=1S/C12H18Ge/c1-11(13(2,3)4)10-12-8-6-5-7-9-12/h5-10H,1-4H3/b11-10-. The van der Waals surface area contributed by atoms with Gasteiger partial charge in [0.05, 0.1) is 0 Å². The van der Waals surface area contributed by atoms with Gasteiger partial charge in [0.1, 0.15) is 0 Å². The van der Waals surface area contributed by atoms with Crippen LogP contribution in [0.3, 0.4) is 0 Å². The Balaban J connectivity index is 2.90. The van der Waals surface area contributed by atoms with Crippen LogP contribution in [0.4, 0.5) is 0 Å². The van der Waals surface area contributed by atoms with Gasteiger partial charge in [0.2, 0.25) is 0 Å². The molecule has 0 aliphatic heterocycles. The molecule has 13 heavy (non-hydrogen) atoms. The molecule has 70 valence electrons. The molecule has 1 rings (SSSR count). The van der Waals surface area contributed by atoms with E-state index in [4.69, 9.17) is 0 Å². The van der Waals surface area contributed by atoms with Gasteiger partial charge in [-0.15, -0.1) is 0 Å². The fourth-order valence-electron chi connectivity index (χ4n) is 1.02. The molecule has 0 aliphatic carbocycles. The summed E-state index contributed by atoms with van der Waals surface area (Å²) in [4.78, 5) is 0. The van der Waals surface area contributed by atoms with Gasteiger partial charge in [0, 0.05) is 0 Å². The third-order valence-corrected chi connectivity index (χ3v) is 7.63. The molecule has 0 unspecified atom stereocenters. The van der Waals surface area contributed by atoms with Gasteiger partial charge in [0.25, 0.3) is 0 Å². The van der Waals surface area contributed by atoms with Crippen LogP contribution in [0, 0.1) is 0 Å². The summed E-state index contributed by atoms with van der Waals surface area (Å²) in [5, 5.41) is 0. The van der Waals surface area contributed by atoms with Crippen molar-refractivity contribution in [2.24, 2.45) is 0 Å². The molecule has 0 radical (unpaired) electrons. The first-order chi connectivity index (χ1) is 6.00.